The van der Waals surface area contributed by atoms with Gasteiger partial charge in [-0.25, -0.2) is 8.42 Å². The Hall–Kier alpha value is -1.41. The lowest BCUT2D eigenvalue weighted by Crippen LogP contribution is -2.45. The average Bonchev–Trinajstić information content (AvgIpc) is 3.03. The first-order valence-corrected chi connectivity index (χ1v) is 8.55. The van der Waals surface area contributed by atoms with Crippen molar-refractivity contribution in [3.63, 3.8) is 0 Å². The van der Waals surface area contributed by atoms with E-state index in [-0.39, 0.29) is 5.91 Å². The molecular weight excluding hydrogens is 280 g/mol. The van der Waals surface area contributed by atoms with Crippen molar-refractivity contribution in [3.05, 3.63) is 18.5 Å². The molecule has 0 spiro atoms. The van der Waals surface area contributed by atoms with E-state index >= 15 is 0 Å². The minimum Gasteiger partial charge on any atom is -0.355 e. The summed E-state index contributed by atoms with van der Waals surface area (Å²) in [6.07, 6.45) is 6.82. The fourth-order valence-corrected chi connectivity index (χ4v) is 3.53. The van der Waals surface area contributed by atoms with Crippen LogP contribution in [0.5, 0.6) is 0 Å². The van der Waals surface area contributed by atoms with Crippen molar-refractivity contribution in [3.8, 4) is 0 Å². The summed E-state index contributed by atoms with van der Waals surface area (Å²) >= 11 is 0. The van der Waals surface area contributed by atoms with E-state index in [0.29, 0.717) is 19.5 Å². The molecule has 2 heterocycles. The van der Waals surface area contributed by atoms with E-state index in [4.69, 9.17) is 0 Å². The van der Waals surface area contributed by atoms with Gasteiger partial charge in [0.2, 0.25) is 15.9 Å². The highest BCUT2D eigenvalue weighted by molar-refractivity contribution is 7.88. The van der Waals surface area contributed by atoms with Crippen LogP contribution < -0.4 is 5.32 Å². The first-order chi connectivity index (χ1) is 9.48. The Balaban J connectivity index is 1.77. The number of carbonyl (C=O) groups excluding carboxylic acids is 1. The Morgan fingerprint density at radius 2 is 2.30 bits per heavy atom. The van der Waals surface area contributed by atoms with Crippen LogP contribution in [0.25, 0.3) is 0 Å². The SMILES string of the molecule is CS(=O)(=O)N1CCCC1C(=O)NCCCn1cccn1. The van der Waals surface area contributed by atoms with Gasteiger partial charge in [-0.2, -0.15) is 9.40 Å². The third kappa shape index (κ3) is 3.80. The van der Waals surface area contributed by atoms with E-state index in [1.54, 1.807) is 10.9 Å². The van der Waals surface area contributed by atoms with Gasteiger partial charge in [0, 0.05) is 32.0 Å². The second-order valence-corrected chi connectivity index (χ2v) is 6.88. The topological polar surface area (TPSA) is 84.3 Å². The highest BCUT2D eigenvalue weighted by Crippen LogP contribution is 2.20. The zero-order chi connectivity index (χ0) is 14.6. The van der Waals surface area contributed by atoms with Gasteiger partial charge in [-0.05, 0) is 25.3 Å². The second kappa shape index (κ2) is 6.36. The Morgan fingerprint density at radius 1 is 1.50 bits per heavy atom. The van der Waals surface area contributed by atoms with Gasteiger partial charge < -0.3 is 5.32 Å². The first-order valence-electron chi connectivity index (χ1n) is 6.70. The normalized spacial score (nSPS) is 20.1. The lowest BCUT2D eigenvalue weighted by molar-refractivity contribution is -0.124. The summed E-state index contributed by atoms with van der Waals surface area (Å²) in [4.78, 5) is 12.0. The van der Waals surface area contributed by atoms with Crippen LogP contribution in [-0.4, -0.2) is 53.8 Å². The van der Waals surface area contributed by atoms with Crippen molar-refractivity contribution in [1.29, 1.82) is 0 Å². The predicted molar refractivity (Wildman–Crippen MR) is 74.4 cm³/mol. The number of carbonyl (C=O) groups is 1. The number of nitrogens with one attached hydrogen (secondary N) is 1. The van der Waals surface area contributed by atoms with Crippen LogP contribution >= 0.6 is 0 Å². The first kappa shape index (κ1) is 15.0. The smallest absolute Gasteiger partial charge is 0.238 e. The second-order valence-electron chi connectivity index (χ2n) is 4.95. The maximum atomic E-state index is 12.0. The number of hydrogen-bond acceptors (Lipinski definition) is 4. The van der Waals surface area contributed by atoms with Gasteiger partial charge in [-0.3, -0.25) is 9.48 Å². The number of hydrogen-bond donors (Lipinski definition) is 1. The van der Waals surface area contributed by atoms with E-state index in [1.807, 2.05) is 12.3 Å². The van der Waals surface area contributed by atoms with Gasteiger partial charge in [0.25, 0.3) is 0 Å². The van der Waals surface area contributed by atoms with Crippen molar-refractivity contribution in [2.24, 2.45) is 0 Å². The molecule has 1 unspecified atom stereocenters. The summed E-state index contributed by atoms with van der Waals surface area (Å²) in [5, 5.41) is 6.87. The molecule has 0 aromatic carbocycles. The number of aryl methyl sites for hydroxylation is 1. The van der Waals surface area contributed by atoms with Crippen molar-refractivity contribution in [1.82, 2.24) is 19.4 Å². The van der Waals surface area contributed by atoms with Crippen LogP contribution in [-0.2, 0) is 21.4 Å². The standard InChI is InChI=1S/C12H20N4O3S/c1-20(18,19)16-10-2-5-11(16)12(17)13-6-3-8-15-9-4-7-14-15/h4,7,9,11H,2-3,5-6,8,10H2,1H3,(H,13,17). The summed E-state index contributed by atoms with van der Waals surface area (Å²) < 4.78 is 26.2. The van der Waals surface area contributed by atoms with Crippen LogP contribution in [0.2, 0.25) is 0 Å². The van der Waals surface area contributed by atoms with Crippen LogP contribution in [0.4, 0.5) is 0 Å². The molecule has 1 aliphatic heterocycles. The molecule has 0 bridgehead atoms. The number of rotatable bonds is 6. The van der Waals surface area contributed by atoms with Gasteiger partial charge in [-0.1, -0.05) is 0 Å². The van der Waals surface area contributed by atoms with Crippen molar-refractivity contribution >= 4 is 15.9 Å². The number of nitrogens with zero attached hydrogens (tertiary/aromatic N) is 3. The maximum absolute atomic E-state index is 12.0. The molecule has 1 fully saturated rings. The molecule has 1 aromatic rings. The molecule has 0 saturated carbocycles. The molecule has 1 saturated heterocycles. The quantitative estimate of drug-likeness (QED) is 0.738. The van der Waals surface area contributed by atoms with E-state index in [2.05, 4.69) is 10.4 Å². The van der Waals surface area contributed by atoms with Crippen molar-refractivity contribution in [2.45, 2.75) is 31.8 Å². The van der Waals surface area contributed by atoms with Gasteiger partial charge in [0.15, 0.2) is 0 Å². The Morgan fingerprint density at radius 3 is 2.95 bits per heavy atom. The van der Waals surface area contributed by atoms with Gasteiger partial charge in [0.1, 0.15) is 6.04 Å². The van der Waals surface area contributed by atoms with Crippen LogP contribution in [0.3, 0.4) is 0 Å². The maximum Gasteiger partial charge on any atom is 0.238 e. The van der Waals surface area contributed by atoms with Crippen LogP contribution in [0.1, 0.15) is 19.3 Å². The summed E-state index contributed by atoms with van der Waals surface area (Å²) in [7, 11) is -3.30. The molecule has 0 radical (unpaired) electrons. The molecule has 1 aromatic heterocycles. The van der Waals surface area contributed by atoms with E-state index in [0.717, 1.165) is 25.6 Å². The number of aromatic nitrogens is 2. The molecule has 20 heavy (non-hydrogen) atoms. The summed E-state index contributed by atoms with van der Waals surface area (Å²) in [6, 6.07) is 1.30. The zero-order valence-corrected chi connectivity index (χ0v) is 12.3. The molecule has 7 nitrogen and oxygen atoms in total. The average molecular weight is 300 g/mol. The van der Waals surface area contributed by atoms with Crippen molar-refractivity contribution in [2.75, 3.05) is 19.3 Å². The fourth-order valence-electron chi connectivity index (χ4n) is 2.40. The van der Waals surface area contributed by atoms with E-state index in [1.165, 1.54) is 4.31 Å². The molecule has 1 atom stereocenters. The van der Waals surface area contributed by atoms with E-state index < -0.39 is 16.1 Å². The number of sulfonamides is 1. The Kier molecular flexibility index (Phi) is 4.77. The molecule has 1 aliphatic rings. The molecule has 2 rings (SSSR count). The van der Waals surface area contributed by atoms with Crippen LogP contribution in [0.15, 0.2) is 18.5 Å². The van der Waals surface area contributed by atoms with Gasteiger partial charge in [-0.15, -0.1) is 0 Å². The van der Waals surface area contributed by atoms with E-state index in [9.17, 15) is 13.2 Å². The highest BCUT2D eigenvalue weighted by Gasteiger charge is 2.36. The summed E-state index contributed by atoms with van der Waals surface area (Å²) in [6.45, 7) is 1.69. The lowest BCUT2D eigenvalue weighted by Gasteiger charge is -2.21. The van der Waals surface area contributed by atoms with Gasteiger partial charge in [0.05, 0.1) is 6.26 Å². The molecule has 1 amide bonds. The van der Waals surface area contributed by atoms with Gasteiger partial charge >= 0.3 is 0 Å². The predicted octanol–water partition coefficient (Wildman–Crippen LogP) is -0.187. The highest BCUT2D eigenvalue weighted by atomic mass is 32.2. The molecule has 0 aliphatic carbocycles. The fraction of sp³-hybridized carbons (Fsp3) is 0.667. The Labute approximate surface area is 119 Å². The largest absolute Gasteiger partial charge is 0.355 e. The third-order valence-electron chi connectivity index (χ3n) is 3.35. The monoisotopic (exact) mass is 300 g/mol. The summed E-state index contributed by atoms with van der Waals surface area (Å²) in [5.41, 5.74) is 0. The lowest BCUT2D eigenvalue weighted by atomic mass is 10.2. The third-order valence-corrected chi connectivity index (χ3v) is 4.64. The molecule has 1 N–H and O–H groups in total. The Bertz CT molecular complexity index is 541. The minimum atomic E-state index is -3.30. The molecular formula is C12H20N4O3S. The summed E-state index contributed by atoms with van der Waals surface area (Å²) in [5.74, 6) is -0.201. The van der Waals surface area contributed by atoms with Crippen LogP contribution in [0, 0.1) is 0 Å². The van der Waals surface area contributed by atoms with Crippen molar-refractivity contribution < 1.29 is 13.2 Å². The zero-order valence-electron chi connectivity index (χ0n) is 11.5. The molecule has 8 heteroatoms. The molecule has 112 valence electrons. The minimum absolute atomic E-state index is 0.201. The number of amides is 1.